The van der Waals surface area contributed by atoms with Crippen molar-refractivity contribution in [2.75, 3.05) is 47.5 Å². The number of likely N-dealkylation sites (N-methyl/N-ethyl adjacent to an activating group) is 1. The summed E-state index contributed by atoms with van der Waals surface area (Å²) in [5.74, 6) is 1.31. The number of benzene rings is 1. The van der Waals surface area contributed by atoms with E-state index in [2.05, 4.69) is 15.6 Å². The minimum absolute atomic E-state index is 0.0323. The molecule has 1 aromatic rings. The van der Waals surface area contributed by atoms with Crippen LogP contribution in [0.1, 0.15) is 12.5 Å². The van der Waals surface area contributed by atoms with Crippen molar-refractivity contribution in [1.29, 1.82) is 0 Å². The van der Waals surface area contributed by atoms with Crippen LogP contribution in [-0.2, 0) is 16.1 Å². The first kappa shape index (κ1) is 19.8. The molecule has 134 valence electrons. The third-order valence-electron chi connectivity index (χ3n) is 3.19. The molecule has 1 rings (SSSR count). The Kier molecular flexibility index (Phi) is 9.29. The minimum atomic E-state index is -0.0718. The summed E-state index contributed by atoms with van der Waals surface area (Å²) < 4.78 is 10.8. The van der Waals surface area contributed by atoms with Crippen LogP contribution in [0.25, 0.3) is 0 Å². The molecular formula is C17H28N4O3. The molecule has 0 aliphatic heterocycles. The van der Waals surface area contributed by atoms with E-state index in [1.807, 2.05) is 31.2 Å². The highest BCUT2D eigenvalue weighted by molar-refractivity contribution is 5.79. The van der Waals surface area contributed by atoms with Crippen molar-refractivity contribution in [2.45, 2.75) is 13.5 Å². The predicted octanol–water partition coefficient (Wildman–Crippen LogP) is 0.855. The lowest BCUT2D eigenvalue weighted by Gasteiger charge is -2.13. The Morgan fingerprint density at radius 3 is 2.75 bits per heavy atom. The van der Waals surface area contributed by atoms with Gasteiger partial charge in [-0.05, 0) is 24.6 Å². The van der Waals surface area contributed by atoms with Crippen molar-refractivity contribution >= 4 is 11.9 Å². The standard InChI is InChI=1S/C17H28N4O3/c1-5-23-10-9-19-17(18-2)20-12-14-7-6-8-15(11-14)24-13-16(22)21(3)4/h6-8,11H,5,9-10,12-13H2,1-4H3,(H2,18,19,20). The Morgan fingerprint density at radius 1 is 1.29 bits per heavy atom. The molecule has 0 aromatic heterocycles. The SMILES string of the molecule is CCOCCNC(=NC)NCc1cccc(OCC(=O)N(C)C)c1. The van der Waals surface area contributed by atoms with Crippen molar-refractivity contribution in [3.63, 3.8) is 0 Å². The third kappa shape index (κ3) is 7.82. The van der Waals surface area contributed by atoms with Gasteiger partial charge >= 0.3 is 0 Å². The molecule has 0 radical (unpaired) electrons. The van der Waals surface area contributed by atoms with Crippen LogP contribution >= 0.6 is 0 Å². The molecule has 0 atom stereocenters. The second-order valence-corrected chi connectivity index (χ2v) is 5.27. The summed E-state index contributed by atoms with van der Waals surface area (Å²) in [6, 6.07) is 7.63. The van der Waals surface area contributed by atoms with Gasteiger partial charge in [-0.25, -0.2) is 0 Å². The van der Waals surface area contributed by atoms with E-state index < -0.39 is 0 Å². The molecule has 0 saturated carbocycles. The molecule has 24 heavy (non-hydrogen) atoms. The van der Waals surface area contributed by atoms with Crippen LogP contribution in [-0.4, -0.2) is 64.3 Å². The summed E-state index contributed by atoms with van der Waals surface area (Å²) in [6.45, 7) is 4.65. The van der Waals surface area contributed by atoms with Crippen molar-refractivity contribution < 1.29 is 14.3 Å². The zero-order valence-corrected chi connectivity index (χ0v) is 15.0. The molecule has 1 aromatic carbocycles. The van der Waals surface area contributed by atoms with E-state index in [-0.39, 0.29) is 12.5 Å². The third-order valence-corrected chi connectivity index (χ3v) is 3.19. The molecule has 0 bridgehead atoms. The summed E-state index contributed by atoms with van der Waals surface area (Å²) in [5, 5.41) is 6.40. The lowest BCUT2D eigenvalue weighted by Crippen LogP contribution is -2.38. The van der Waals surface area contributed by atoms with E-state index in [4.69, 9.17) is 9.47 Å². The number of rotatable bonds is 9. The summed E-state index contributed by atoms with van der Waals surface area (Å²) in [4.78, 5) is 17.2. The van der Waals surface area contributed by atoms with Crippen LogP contribution in [0, 0.1) is 0 Å². The van der Waals surface area contributed by atoms with Gasteiger partial charge in [0.25, 0.3) is 5.91 Å². The lowest BCUT2D eigenvalue weighted by molar-refractivity contribution is -0.130. The van der Waals surface area contributed by atoms with Gasteiger partial charge in [0.15, 0.2) is 12.6 Å². The molecule has 0 heterocycles. The highest BCUT2D eigenvalue weighted by Crippen LogP contribution is 2.13. The van der Waals surface area contributed by atoms with Gasteiger partial charge in [-0.1, -0.05) is 12.1 Å². The maximum atomic E-state index is 11.6. The first-order valence-electron chi connectivity index (χ1n) is 8.01. The zero-order valence-electron chi connectivity index (χ0n) is 15.0. The van der Waals surface area contributed by atoms with Crippen LogP contribution in [0.15, 0.2) is 29.3 Å². The number of aliphatic imine (C=N–C) groups is 1. The van der Waals surface area contributed by atoms with Crippen LogP contribution in [0.2, 0.25) is 0 Å². The summed E-state index contributed by atoms with van der Waals surface area (Å²) >= 11 is 0. The number of nitrogens with zero attached hydrogens (tertiary/aromatic N) is 2. The molecule has 7 heteroatoms. The van der Waals surface area contributed by atoms with Gasteiger partial charge in [0.1, 0.15) is 5.75 Å². The fourth-order valence-electron chi connectivity index (χ4n) is 1.81. The summed E-state index contributed by atoms with van der Waals surface area (Å²) in [6.07, 6.45) is 0. The predicted molar refractivity (Wildman–Crippen MR) is 95.3 cm³/mol. The van der Waals surface area contributed by atoms with E-state index >= 15 is 0 Å². The Bertz CT molecular complexity index is 532. The van der Waals surface area contributed by atoms with Crippen molar-refractivity contribution in [2.24, 2.45) is 4.99 Å². The Morgan fingerprint density at radius 2 is 2.08 bits per heavy atom. The Labute approximate surface area is 144 Å². The average molecular weight is 336 g/mol. The number of nitrogens with one attached hydrogen (secondary N) is 2. The summed E-state index contributed by atoms with van der Waals surface area (Å²) in [7, 11) is 5.13. The average Bonchev–Trinajstić information content (AvgIpc) is 2.59. The van der Waals surface area contributed by atoms with Crippen LogP contribution < -0.4 is 15.4 Å². The quantitative estimate of drug-likeness (QED) is 0.397. The van der Waals surface area contributed by atoms with Gasteiger partial charge in [0, 0.05) is 40.8 Å². The normalized spacial score (nSPS) is 11.1. The largest absolute Gasteiger partial charge is 0.484 e. The fourth-order valence-corrected chi connectivity index (χ4v) is 1.81. The fraction of sp³-hybridized carbons (Fsp3) is 0.529. The monoisotopic (exact) mass is 336 g/mol. The first-order chi connectivity index (χ1) is 11.6. The van der Waals surface area contributed by atoms with E-state index in [0.717, 1.165) is 5.56 Å². The highest BCUT2D eigenvalue weighted by Gasteiger charge is 2.05. The van der Waals surface area contributed by atoms with Crippen molar-refractivity contribution in [3.8, 4) is 5.75 Å². The van der Waals surface area contributed by atoms with Gasteiger partial charge < -0.3 is 25.0 Å². The molecule has 0 unspecified atom stereocenters. The molecule has 0 aliphatic carbocycles. The summed E-state index contributed by atoms with van der Waals surface area (Å²) in [5.41, 5.74) is 1.04. The number of carbonyl (C=O) groups excluding carboxylic acids is 1. The second kappa shape index (κ2) is 11.3. The first-order valence-corrected chi connectivity index (χ1v) is 8.01. The molecular weight excluding hydrogens is 308 g/mol. The van der Waals surface area contributed by atoms with Gasteiger partial charge in [-0.15, -0.1) is 0 Å². The van der Waals surface area contributed by atoms with Gasteiger partial charge in [0.05, 0.1) is 6.61 Å². The lowest BCUT2D eigenvalue weighted by atomic mass is 10.2. The topological polar surface area (TPSA) is 75.2 Å². The molecule has 1 amide bonds. The van der Waals surface area contributed by atoms with Crippen LogP contribution in [0.4, 0.5) is 0 Å². The minimum Gasteiger partial charge on any atom is -0.484 e. The number of guanidine groups is 1. The highest BCUT2D eigenvalue weighted by atomic mass is 16.5. The maximum absolute atomic E-state index is 11.6. The molecule has 0 saturated heterocycles. The maximum Gasteiger partial charge on any atom is 0.259 e. The Balaban J connectivity index is 2.44. The van der Waals surface area contributed by atoms with Gasteiger partial charge in [0.2, 0.25) is 0 Å². The molecule has 0 aliphatic rings. The van der Waals surface area contributed by atoms with Crippen LogP contribution in [0.3, 0.4) is 0 Å². The number of hydrogen-bond acceptors (Lipinski definition) is 4. The number of amides is 1. The molecule has 2 N–H and O–H groups in total. The Hall–Kier alpha value is -2.28. The van der Waals surface area contributed by atoms with Crippen molar-refractivity contribution in [3.05, 3.63) is 29.8 Å². The van der Waals surface area contributed by atoms with E-state index in [1.54, 1.807) is 21.1 Å². The number of carbonyl (C=O) groups is 1. The smallest absolute Gasteiger partial charge is 0.259 e. The van der Waals surface area contributed by atoms with Crippen molar-refractivity contribution in [1.82, 2.24) is 15.5 Å². The van der Waals surface area contributed by atoms with E-state index in [0.29, 0.717) is 38.0 Å². The molecule has 0 spiro atoms. The number of hydrogen-bond donors (Lipinski definition) is 2. The second-order valence-electron chi connectivity index (χ2n) is 5.27. The van der Waals surface area contributed by atoms with Gasteiger partial charge in [-0.3, -0.25) is 9.79 Å². The van der Waals surface area contributed by atoms with Crippen LogP contribution in [0.5, 0.6) is 5.75 Å². The van der Waals surface area contributed by atoms with E-state index in [9.17, 15) is 4.79 Å². The van der Waals surface area contributed by atoms with E-state index in [1.165, 1.54) is 4.90 Å². The number of ether oxygens (including phenoxy) is 2. The van der Waals surface area contributed by atoms with Gasteiger partial charge in [-0.2, -0.15) is 0 Å². The zero-order chi connectivity index (χ0) is 17.8. The molecule has 0 fully saturated rings. The molecule has 7 nitrogen and oxygen atoms in total.